The van der Waals surface area contributed by atoms with Gasteiger partial charge in [0.05, 0.1) is 24.1 Å². The third-order valence-corrected chi connectivity index (χ3v) is 4.37. The van der Waals surface area contributed by atoms with E-state index in [0.29, 0.717) is 31.0 Å². The zero-order valence-corrected chi connectivity index (χ0v) is 15.3. The molecule has 7 nitrogen and oxygen atoms in total. The molecule has 136 valence electrons. The normalized spacial score (nSPS) is 25.5. The second-order valence-corrected chi connectivity index (χ2v) is 7.69. The number of hydrogen-bond donors (Lipinski definition) is 1. The lowest BCUT2D eigenvalue weighted by molar-refractivity contribution is 0.0219. The number of carbonyl (C=O) groups excluding carboxylic acids is 1. The van der Waals surface area contributed by atoms with E-state index in [4.69, 9.17) is 4.74 Å². The molecule has 0 spiro atoms. The number of nitrogens with one attached hydrogen (secondary N) is 1. The van der Waals surface area contributed by atoms with Gasteiger partial charge in [-0.05, 0) is 41.0 Å². The Bertz CT molecular complexity index is 730. The van der Waals surface area contributed by atoms with E-state index in [2.05, 4.69) is 20.5 Å². The quantitative estimate of drug-likeness (QED) is 0.841. The predicted molar refractivity (Wildman–Crippen MR) is 91.0 cm³/mol. The van der Waals surface area contributed by atoms with Gasteiger partial charge in [-0.15, -0.1) is 0 Å². The van der Waals surface area contributed by atoms with Gasteiger partial charge in [-0.2, -0.15) is 5.10 Å². The van der Waals surface area contributed by atoms with Crippen LogP contribution in [0.4, 0.5) is 9.18 Å². The van der Waals surface area contributed by atoms with Crippen LogP contribution in [0.25, 0.3) is 0 Å². The molecule has 25 heavy (non-hydrogen) atoms. The number of amides is 1. The predicted octanol–water partition coefficient (Wildman–Crippen LogP) is 2.22. The summed E-state index contributed by atoms with van der Waals surface area (Å²) < 4.78 is 19.8. The van der Waals surface area contributed by atoms with Crippen LogP contribution in [0.3, 0.4) is 0 Å². The molecule has 2 aliphatic rings. The lowest BCUT2D eigenvalue weighted by Crippen LogP contribution is -2.45. The number of hydrogen-bond acceptors (Lipinski definition) is 6. The molecule has 1 N–H and O–H groups in total. The Hall–Kier alpha value is -2.25. The number of rotatable bonds is 1. The van der Waals surface area contributed by atoms with Crippen LogP contribution in [0.15, 0.2) is 5.10 Å². The van der Waals surface area contributed by atoms with E-state index in [0.717, 1.165) is 11.3 Å². The maximum Gasteiger partial charge on any atom is 0.410 e. The summed E-state index contributed by atoms with van der Waals surface area (Å²) in [6.07, 6.45) is 0.163. The molecule has 0 saturated heterocycles. The first-order chi connectivity index (χ1) is 11.6. The summed E-state index contributed by atoms with van der Waals surface area (Å²) in [5.74, 6) is 0.543. The van der Waals surface area contributed by atoms with Crippen molar-refractivity contribution >= 4 is 12.3 Å². The van der Waals surface area contributed by atoms with Gasteiger partial charge in [-0.1, -0.05) is 0 Å². The third kappa shape index (κ3) is 3.29. The summed E-state index contributed by atoms with van der Waals surface area (Å²) in [6, 6.07) is 0. The molecule has 1 amide bonds. The van der Waals surface area contributed by atoms with Crippen molar-refractivity contribution in [3.05, 3.63) is 22.8 Å². The minimum atomic E-state index is -1.27. The Morgan fingerprint density at radius 2 is 2.16 bits per heavy atom. The summed E-state index contributed by atoms with van der Waals surface area (Å²) in [5.41, 5.74) is 3.52. The SMILES string of the molecule is Cc1nc2c(c(C3(C)NN=CC3F)n1)CCN(C(=O)OC(C)(C)C)C2. The lowest BCUT2D eigenvalue weighted by Gasteiger charge is -2.34. The highest BCUT2D eigenvalue weighted by Crippen LogP contribution is 2.33. The number of fused-ring (bicyclic) bond motifs is 1. The highest BCUT2D eigenvalue weighted by atomic mass is 19.1. The van der Waals surface area contributed by atoms with E-state index in [1.165, 1.54) is 6.21 Å². The van der Waals surface area contributed by atoms with Crippen LogP contribution in [0.1, 0.15) is 50.5 Å². The largest absolute Gasteiger partial charge is 0.444 e. The van der Waals surface area contributed by atoms with Gasteiger partial charge in [0.2, 0.25) is 0 Å². The third-order valence-electron chi connectivity index (χ3n) is 4.37. The van der Waals surface area contributed by atoms with E-state index in [9.17, 15) is 9.18 Å². The molecule has 1 aromatic rings. The molecule has 8 heteroatoms. The number of aromatic nitrogens is 2. The molecule has 0 aromatic carbocycles. The lowest BCUT2D eigenvalue weighted by atomic mass is 9.87. The fraction of sp³-hybridized carbons (Fsp3) is 0.647. The van der Waals surface area contributed by atoms with Crippen LogP contribution in [-0.4, -0.2) is 45.5 Å². The molecular weight excluding hydrogens is 325 g/mol. The van der Waals surface area contributed by atoms with Crippen LogP contribution in [0.5, 0.6) is 0 Å². The first-order valence-electron chi connectivity index (χ1n) is 8.39. The van der Waals surface area contributed by atoms with E-state index < -0.39 is 17.3 Å². The van der Waals surface area contributed by atoms with E-state index in [-0.39, 0.29) is 6.09 Å². The van der Waals surface area contributed by atoms with Crippen LogP contribution >= 0.6 is 0 Å². The van der Waals surface area contributed by atoms with Gasteiger partial charge < -0.3 is 9.64 Å². The molecule has 2 unspecified atom stereocenters. The topological polar surface area (TPSA) is 79.7 Å². The van der Waals surface area contributed by atoms with Crippen molar-refractivity contribution in [1.82, 2.24) is 20.3 Å². The second-order valence-electron chi connectivity index (χ2n) is 7.69. The van der Waals surface area contributed by atoms with Gasteiger partial charge in [0.15, 0.2) is 6.17 Å². The highest BCUT2D eigenvalue weighted by Gasteiger charge is 2.43. The van der Waals surface area contributed by atoms with Crippen molar-refractivity contribution in [2.24, 2.45) is 5.10 Å². The number of carbonyl (C=O) groups is 1. The van der Waals surface area contributed by atoms with Gasteiger partial charge in [0.25, 0.3) is 0 Å². The van der Waals surface area contributed by atoms with Crippen LogP contribution in [0.2, 0.25) is 0 Å². The van der Waals surface area contributed by atoms with Crippen molar-refractivity contribution < 1.29 is 13.9 Å². The fourth-order valence-electron chi connectivity index (χ4n) is 3.10. The zero-order chi connectivity index (χ0) is 18.4. The Labute approximate surface area is 146 Å². The molecule has 3 rings (SSSR count). The fourth-order valence-corrected chi connectivity index (χ4v) is 3.10. The number of halogens is 1. The van der Waals surface area contributed by atoms with Crippen molar-refractivity contribution in [2.75, 3.05) is 6.54 Å². The van der Waals surface area contributed by atoms with Gasteiger partial charge in [0, 0.05) is 12.1 Å². The summed E-state index contributed by atoms with van der Waals surface area (Å²) in [4.78, 5) is 22.9. The molecule has 0 radical (unpaired) electrons. The maximum atomic E-state index is 14.4. The average Bonchev–Trinajstić information content (AvgIpc) is 2.84. The van der Waals surface area contributed by atoms with E-state index in [1.807, 2.05) is 20.8 Å². The highest BCUT2D eigenvalue weighted by molar-refractivity contribution is 5.69. The molecule has 0 saturated carbocycles. The Morgan fingerprint density at radius 1 is 1.44 bits per heavy atom. The Morgan fingerprint density at radius 3 is 2.76 bits per heavy atom. The molecule has 2 aliphatic heterocycles. The monoisotopic (exact) mass is 349 g/mol. The number of aryl methyl sites for hydroxylation is 1. The first-order valence-corrected chi connectivity index (χ1v) is 8.39. The Kier molecular flexibility index (Phi) is 4.17. The van der Waals surface area contributed by atoms with Crippen molar-refractivity contribution in [1.29, 1.82) is 0 Å². The standard InChI is InChI=1S/C17H24FN5O2/c1-10-20-12-9-23(15(24)25-16(2,3)4)7-6-11(12)14(21-10)17(5)13(18)8-19-22-17/h8,13,22H,6-7,9H2,1-5H3. The van der Waals surface area contributed by atoms with Gasteiger partial charge in [-0.25, -0.2) is 19.2 Å². The number of alkyl halides is 1. The number of hydrazone groups is 1. The minimum Gasteiger partial charge on any atom is -0.444 e. The van der Waals surface area contributed by atoms with Crippen molar-refractivity contribution in [3.8, 4) is 0 Å². The maximum absolute atomic E-state index is 14.4. The molecule has 3 heterocycles. The summed E-state index contributed by atoms with van der Waals surface area (Å²) in [7, 11) is 0. The summed E-state index contributed by atoms with van der Waals surface area (Å²) >= 11 is 0. The van der Waals surface area contributed by atoms with E-state index >= 15 is 0 Å². The Balaban J connectivity index is 1.91. The molecule has 2 atom stereocenters. The molecule has 0 bridgehead atoms. The first kappa shape index (κ1) is 17.6. The van der Waals surface area contributed by atoms with Gasteiger partial charge in [-0.3, -0.25) is 5.43 Å². The number of nitrogens with zero attached hydrogens (tertiary/aromatic N) is 4. The van der Waals surface area contributed by atoms with Crippen molar-refractivity contribution in [3.63, 3.8) is 0 Å². The van der Waals surface area contributed by atoms with Crippen molar-refractivity contribution in [2.45, 2.75) is 64.9 Å². The minimum absolute atomic E-state index is 0.328. The molecule has 1 aromatic heterocycles. The van der Waals surface area contributed by atoms with Gasteiger partial charge >= 0.3 is 6.09 Å². The van der Waals surface area contributed by atoms with Crippen LogP contribution in [0, 0.1) is 6.92 Å². The smallest absolute Gasteiger partial charge is 0.410 e. The van der Waals surface area contributed by atoms with Crippen LogP contribution < -0.4 is 5.43 Å². The molecule has 0 fully saturated rings. The zero-order valence-electron chi connectivity index (χ0n) is 15.3. The van der Waals surface area contributed by atoms with E-state index in [1.54, 1.807) is 18.7 Å². The summed E-state index contributed by atoms with van der Waals surface area (Å²) in [5, 5.41) is 3.86. The molecular formula is C17H24FN5O2. The van der Waals surface area contributed by atoms with Gasteiger partial charge in [0.1, 0.15) is 17.0 Å². The number of ether oxygens (including phenoxy) is 1. The molecule has 0 aliphatic carbocycles. The van der Waals surface area contributed by atoms with Crippen LogP contribution in [-0.2, 0) is 23.2 Å². The average molecular weight is 349 g/mol. The summed E-state index contributed by atoms with van der Waals surface area (Å²) in [6.45, 7) is 9.82. The second kappa shape index (κ2) is 5.93.